The molecule has 1 atom stereocenters. The third-order valence-electron chi connectivity index (χ3n) is 4.83. The number of carbonyl (C=O) groups excluding carboxylic acids is 1. The maximum Gasteiger partial charge on any atom is 0.310 e. The molecule has 0 saturated carbocycles. The highest BCUT2D eigenvalue weighted by atomic mass is 32.2. The predicted octanol–water partition coefficient (Wildman–Crippen LogP) is 4.68. The third kappa shape index (κ3) is 3.23. The van der Waals surface area contributed by atoms with E-state index in [-0.39, 0.29) is 5.78 Å². The summed E-state index contributed by atoms with van der Waals surface area (Å²) >= 11 is 1.69. The van der Waals surface area contributed by atoms with Gasteiger partial charge in [0, 0.05) is 21.8 Å². The summed E-state index contributed by atoms with van der Waals surface area (Å²) in [7, 11) is 0. The molecular formula is C21H22O3S. The Hall–Kier alpha value is -2.07. The first-order chi connectivity index (χ1) is 11.8. The first-order valence-electron chi connectivity index (χ1n) is 8.44. The van der Waals surface area contributed by atoms with Crippen LogP contribution in [0.4, 0.5) is 0 Å². The topological polar surface area (TPSA) is 54.4 Å². The number of aliphatic carboxylic acids is 1. The second-order valence-corrected chi connectivity index (χ2v) is 7.92. The van der Waals surface area contributed by atoms with Crippen LogP contribution in [0.15, 0.2) is 29.2 Å². The van der Waals surface area contributed by atoms with E-state index < -0.39 is 11.9 Å². The molecule has 0 fully saturated rings. The van der Waals surface area contributed by atoms with Crippen molar-refractivity contribution in [2.75, 3.05) is 5.75 Å². The van der Waals surface area contributed by atoms with Crippen molar-refractivity contribution < 1.29 is 14.7 Å². The summed E-state index contributed by atoms with van der Waals surface area (Å²) in [5.74, 6) is -0.554. The molecule has 1 aliphatic heterocycles. The molecule has 4 heteroatoms. The van der Waals surface area contributed by atoms with Gasteiger partial charge in [0.25, 0.3) is 0 Å². The van der Waals surface area contributed by atoms with E-state index in [0.717, 1.165) is 44.9 Å². The van der Waals surface area contributed by atoms with E-state index in [1.807, 2.05) is 39.0 Å². The van der Waals surface area contributed by atoms with Crippen molar-refractivity contribution >= 4 is 23.5 Å². The number of carbonyl (C=O) groups is 2. The molecule has 0 bridgehead atoms. The lowest BCUT2D eigenvalue weighted by Gasteiger charge is -2.16. The number of hydrogen-bond acceptors (Lipinski definition) is 3. The largest absolute Gasteiger partial charge is 0.481 e. The molecule has 3 rings (SSSR count). The van der Waals surface area contributed by atoms with Crippen molar-refractivity contribution in [3.63, 3.8) is 0 Å². The number of rotatable bonds is 4. The van der Waals surface area contributed by atoms with Crippen LogP contribution in [0, 0.1) is 20.8 Å². The lowest BCUT2D eigenvalue weighted by Crippen LogP contribution is -2.12. The molecule has 0 radical (unpaired) electrons. The number of ketones is 1. The van der Waals surface area contributed by atoms with Crippen LogP contribution < -0.4 is 0 Å². The minimum absolute atomic E-state index is 0.0000822. The van der Waals surface area contributed by atoms with Crippen LogP contribution in [0.5, 0.6) is 0 Å². The van der Waals surface area contributed by atoms with Gasteiger partial charge in [-0.25, -0.2) is 0 Å². The maximum absolute atomic E-state index is 13.3. The molecule has 1 aliphatic rings. The number of aryl methyl sites for hydroxylation is 4. The quantitative estimate of drug-likeness (QED) is 0.810. The highest BCUT2D eigenvalue weighted by Crippen LogP contribution is 2.38. The third-order valence-corrected chi connectivity index (χ3v) is 6.00. The minimum atomic E-state index is -0.869. The average Bonchev–Trinajstić information content (AvgIpc) is 3.00. The molecule has 1 N–H and O–H groups in total. The molecule has 3 nitrogen and oxygen atoms in total. The number of carboxylic acid groups (broad SMARTS) is 1. The number of benzene rings is 2. The van der Waals surface area contributed by atoms with Crippen molar-refractivity contribution in [1.29, 1.82) is 0 Å². The van der Waals surface area contributed by atoms with Gasteiger partial charge in [0.05, 0.1) is 5.92 Å². The summed E-state index contributed by atoms with van der Waals surface area (Å²) in [6.45, 7) is 7.62. The average molecular weight is 354 g/mol. The van der Waals surface area contributed by atoms with Crippen LogP contribution in [-0.2, 0) is 11.2 Å². The lowest BCUT2D eigenvalue weighted by atomic mass is 9.89. The van der Waals surface area contributed by atoms with Crippen LogP contribution in [0.2, 0.25) is 0 Å². The molecule has 1 unspecified atom stereocenters. The van der Waals surface area contributed by atoms with Gasteiger partial charge in [-0.05, 0) is 62.4 Å². The van der Waals surface area contributed by atoms with E-state index in [2.05, 4.69) is 0 Å². The monoisotopic (exact) mass is 354 g/mol. The van der Waals surface area contributed by atoms with Crippen LogP contribution in [-0.4, -0.2) is 22.6 Å². The van der Waals surface area contributed by atoms with Crippen LogP contribution >= 0.6 is 11.8 Å². The van der Waals surface area contributed by atoms with Gasteiger partial charge in [0.1, 0.15) is 0 Å². The minimum Gasteiger partial charge on any atom is -0.481 e. The Kier molecular flexibility index (Phi) is 4.74. The Labute approximate surface area is 152 Å². The molecule has 0 aliphatic carbocycles. The molecule has 25 heavy (non-hydrogen) atoms. The van der Waals surface area contributed by atoms with Crippen molar-refractivity contribution in [3.8, 4) is 0 Å². The Morgan fingerprint density at radius 1 is 1.08 bits per heavy atom. The lowest BCUT2D eigenvalue weighted by molar-refractivity contribution is -0.138. The molecule has 130 valence electrons. The van der Waals surface area contributed by atoms with E-state index in [1.54, 1.807) is 24.8 Å². The first-order valence-corrected chi connectivity index (χ1v) is 9.43. The van der Waals surface area contributed by atoms with Gasteiger partial charge in [-0.2, -0.15) is 0 Å². The Bertz CT molecular complexity index is 860. The summed E-state index contributed by atoms with van der Waals surface area (Å²) in [5, 5.41) is 9.36. The van der Waals surface area contributed by atoms with Gasteiger partial charge in [-0.1, -0.05) is 23.8 Å². The summed E-state index contributed by atoms with van der Waals surface area (Å²) in [6, 6.07) is 7.80. The van der Waals surface area contributed by atoms with Crippen molar-refractivity contribution in [1.82, 2.24) is 0 Å². The van der Waals surface area contributed by atoms with Crippen molar-refractivity contribution in [2.45, 2.75) is 44.9 Å². The summed E-state index contributed by atoms with van der Waals surface area (Å²) in [4.78, 5) is 25.8. The van der Waals surface area contributed by atoms with E-state index in [9.17, 15) is 14.7 Å². The normalized spacial score (nSPS) is 14.2. The van der Waals surface area contributed by atoms with E-state index in [0.29, 0.717) is 11.1 Å². The fraction of sp³-hybridized carbons (Fsp3) is 0.333. The zero-order chi connectivity index (χ0) is 18.3. The number of fused-ring (bicyclic) bond motifs is 1. The zero-order valence-corrected chi connectivity index (χ0v) is 15.8. The molecule has 2 aromatic rings. The SMILES string of the molecule is Cc1cc(C)c(C(=O)c2cc(C(C)C(=O)O)cc3c2SCC3)c(C)c1. The molecule has 0 saturated heterocycles. The molecule has 0 aromatic heterocycles. The molecule has 0 spiro atoms. The van der Waals surface area contributed by atoms with Crippen LogP contribution in [0.25, 0.3) is 0 Å². The van der Waals surface area contributed by atoms with Gasteiger partial charge < -0.3 is 5.11 Å². The zero-order valence-electron chi connectivity index (χ0n) is 15.0. The second kappa shape index (κ2) is 6.68. The fourth-order valence-corrected chi connectivity index (χ4v) is 4.75. The smallest absolute Gasteiger partial charge is 0.310 e. The summed E-state index contributed by atoms with van der Waals surface area (Å²) in [5.41, 5.74) is 6.27. The van der Waals surface area contributed by atoms with Gasteiger partial charge in [-0.3, -0.25) is 9.59 Å². The van der Waals surface area contributed by atoms with Crippen LogP contribution in [0.3, 0.4) is 0 Å². The Morgan fingerprint density at radius 3 is 2.32 bits per heavy atom. The van der Waals surface area contributed by atoms with Gasteiger partial charge in [-0.15, -0.1) is 11.8 Å². The van der Waals surface area contributed by atoms with Crippen molar-refractivity contribution in [3.05, 3.63) is 63.2 Å². The van der Waals surface area contributed by atoms with E-state index in [1.165, 1.54) is 0 Å². The second-order valence-electron chi connectivity index (χ2n) is 6.82. The Balaban J connectivity index is 2.17. The van der Waals surface area contributed by atoms with E-state index in [4.69, 9.17) is 0 Å². The molecule has 0 amide bonds. The molecule has 1 heterocycles. The summed E-state index contributed by atoms with van der Waals surface area (Å²) < 4.78 is 0. The number of carboxylic acids is 1. The standard InChI is InChI=1S/C21H22O3S/c1-11-7-12(2)18(13(3)8-11)19(22)17-10-16(14(4)21(23)24)9-15-5-6-25-20(15)17/h7-10,14H,5-6H2,1-4H3,(H,23,24). The van der Waals surface area contributed by atoms with Gasteiger partial charge in [0.2, 0.25) is 0 Å². The van der Waals surface area contributed by atoms with Gasteiger partial charge >= 0.3 is 5.97 Å². The Morgan fingerprint density at radius 2 is 1.72 bits per heavy atom. The number of hydrogen-bond donors (Lipinski definition) is 1. The highest BCUT2D eigenvalue weighted by molar-refractivity contribution is 7.99. The highest BCUT2D eigenvalue weighted by Gasteiger charge is 2.26. The van der Waals surface area contributed by atoms with Gasteiger partial charge in [0.15, 0.2) is 5.78 Å². The first kappa shape index (κ1) is 17.7. The number of thioether (sulfide) groups is 1. The maximum atomic E-state index is 13.3. The molecular weight excluding hydrogens is 332 g/mol. The summed E-state index contributed by atoms with van der Waals surface area (Å²) in [6.07, 6.45) is 0.881. The van der Waals surface area contributed by atoms with Crippen LogP contribution in [0.1, 0.15) is 56.6 Å². The predicted molar refractivity (Wildman–Crippen MR) is 101 cm³/mol. The fourth-order valence-electron chi connectivity index (χ4n) is 3.57. The van der Waals surface area contributed by atoms with E-state index >= 15 is 0 Å². The molecule has 2 aromatic carbocycles. The van der Waals surface area contributed by atoms with Crippen molar-refractivity contribution in [2.24, 2.45) is 0 Å².